The Kier molecular flexibility index (Phi) is 5.33. The molecule has 0 unspecified atom stereocenters. The van der Waals surface area contributed by atoms with Gasteiger partial charge in [-0.25, -0.2) is 10.2 Å². The number of hydrogen-bond acceptors (Lipinski definition) is 5. The van der Waals surface area contributed by atoms with Crippen molar-refractivity contribution < 1.29 is 19.1 Å². The molecule has 128 valence electrons. The van der Waals surface area contributed by atoms with E-state index in [9.17, 15) is 14.4 Å². The summed E-state index contributed by atoms with van der Waals surface area (Å²) in [4.78, 5) is 34.5. The summed E-state index contributed by atoms with van der Waals surface area (Å²) in [6, 6.07) is 7.50. The van der Waals surface area contributed by atoms with Crippen LogP contribution in [-0.4, -0.2) is 30.1 Å². The molecule has 2 N–H and O–H groups in total. The molecule has 0 aliphatic carbocycles. The third-order valence-electron chi connectivity index (χ3n) is 3.51. The molecule has 0 radical (unpaired) electrons. The van der Waals surface area contributed by atoms with E-state index in [-0.39, 0.29) is 29.9 Å². The topological polar surface area (TPSA) is 96.9 Å². The van der Waals surface area contributed by atoms with Gasteiger partial charge in [-0.2, -0.15) is 5.10 Å². The zero-order chi connectivity index (χ0) is 17.7. The SMILES string of the molecule is CC(C)(C)c1ccc(NC(=O)COC(=O)C2=NNC(=O)CC2)cc1. The van der Waals surface area contributed by atoms with E-state index in [1.54, 1.807) is 12.1 Å². The van der Waals surface area contributed by atoms with Crippen LogP contribution in [0.25, 0.3) is 0 Å². The molecule has 0 saturated carbocycles. The van der Waals surface area contributed by atoms with E-state index >= 15 is 0 Å². The van der Waals surface area contributed by atoms with Crippen LogP contribution in [0.1, 0.15) is 39.2 Å². The van der Waals surface area contributed by atoms with Crippen molar-refractivity contribution in [3.8, 4) is 0 Å². The molecule has 0 bridgehead atoms. The molecule has 1 heterocycles. The summed E-state index contributed by atoms with van der Waals surface area (Å²) in [5, 5.41) is 6.28. The normalized spacial score (nSPS) is 14.5. The molecule has 1 aliphatic rings. The molecule has 0 saturated heterocycles. The highest BCUT2D eigenvalue weighted by Gasteiger charge is 2.20. The Balaban J connectivity index is 1.83. The van der Waals surface area contributed by atoms with Crippen LogP contribution in [0, 0.1) is 0 Å². The van der Waals surface area contributed by atoms with Gasteiger partial charge in [-0.05, 0) is 23.1 Å². The predicted molar refractivity (Wildman–Crippen MR) is 89.5 cm³/mol. The van der Waals surface area contributed by atoms with Gasteiger partial charge in [0.15, 0.2) is 6.61 Å². The maximum atomic E-state index is 11.8. The van der Waals surface area contributed by atoms with Crippen LogP contribution < -0.4 is 10.7 Å². The largest absolute Gasteiger partial charge is 0.451 e. The van der Waals surface area contributed by atoms with Crippen molar-refractivity contribution in [3.63, 3.8) is 0 Å². The quantitative estimate of drug-likeness (QED) is 0.821. The molecule has 0 fully saturated rings. The second-order valence-corrected chi connectivity index (χ2v) is 6.55. The zero-order valence-electron chi connectivity index (χ0n) is 14.0. The number of hydrazone groups is 1. The molecule has 0 spiro atoms. The van der Waals surface area contributed by atoms with Crippen molar-refractivity contribution in [2.24, 2.45) is 5.10 Å². The number of nitrogens with one attached hydrogen (secondary N) is 2. The van der Waals surface area contributed by atoms with E-state index < -0.39 is 18.5 Å². The van der Waals surface area contributed by atoms with Crippen molar-refractivity contribution in [1.82, 2.24) is 5.43 Å². The highest BCUT2D eigenvalue weighted by molar-refractivity contribution is 6.37. The summed E-state index contributed by atoms with van der Waals surface area (Å²) >= 11 is 0. The maximum absolute atomic E-state index is 11.8. The number of carbonyl (C=O) groups excluding carboxylic acids is 3. The fraction of sp³-hybridized carbons (Fsp3) is 0.412. The van der Waals surface area contributed by atoms with Crippen molar-refractivity contribution in [2.45, 2.75) is 39.0 Å². The number of ether oxygens (including phenoxy) is 1. The molecular formula is C17H21N3O4. The van der Waals surface area contributed by atoms with Crippen LogP contribution in [0.4, 0.5) is 5.69 Å². The van der Waals surface area contributed by atoms with E-state index in [2.05, 4.69) is 36.6 Å². The van der Waals surface area contributed by atoms with Crippen LogP contribution in [0.3, 0.4) is 0 Å². The average Bonchev–Trinajstić information content (AvgIpc) is 2.53. The highest BCUT2D eigenvalue weighted by atomic mass is 16.5. The molecule has 2 amide bonds. The molecule has 24 heavy (non-hydrogen) atoms. The number of benzene rings is 1. The maximum Gasteiger partial charge on any atom is 0.355 e. The van der Waals surface area contributed by atoms with Gasteiger partial charge in [-0.1, -0.05) is 32.9 Å². The summed E-state index contributed by atoms with van der Waals surface area (Å²) in [6.07, 6.45) is 0.390. The van der Waals surface area contributed by atoms with E-state index in [1.807, 2.05) is 12.1 Å². The predicted octanol–water partition coefficient (Wildman–Crippen LogP) is 1.73. The van der Waals surface area contributed by atoms with Gasteiger partial charge in [0.1, 0.15) is 5.71 Å². The minimum atomic E-state index is -0.701. The van der Waals surface area contributed by atoms with E-state index in [0.29, 0.717) is 5.69 Å². The number of amides is 2. The van der Waals surface area contributed by atoms with Crippen molar-refractivity contribution in [3.05, 3.63) is 29.8 Å². The van der Waals surface area contributed by atoms with E-state index in [4.69, 9.17) is 4.74 Å². The summed E-state index contributed by atoms with van der Waals surface area (Å²) < 4.78 is 4.90. The molecule has 7 heteroatoms. The number of esters is 1. The minimum Gasteiger partial charge on any atom is -0.451 e. The summed E-state index contributed by atoms with van der Waals surface area (Å²) in [7, 11) is 0. The van der Waals surface area contributed by atoms with Gasteiger partial charge in [-0.3, -0.25) is 9.59 Å². The van der Waals surface area contributed by atoms with E-state index in [0.717, 1.165) is 5.56 Å². The minimum absolute atomic E-state index is 0.0359. The zero-order valence-corrected chi connectivity index (χ0v) is 14.0. The molecule has 0 atom stereocenters. The lowest BCUT2D eigenvalue weighted by Gasteiger charge is -2.19. The number of anilines is 1. The number of hydrogen-bond donors (Lipinski definition) is 2. The standard InChI is InChI=1S/C17H21N3O4/c1-17(2,3)11-4-6-12(7-5-11)18-15(22)10-24-16(23)13-8-9-14(21)20-19-13/h4-7H,8-10H2,1-3H3,(H,18,22)(H,20,21). The Hall–Kier alpha value is -2.70. The van der Waals surface area contributed by atoms with Gasteiger partial charge in [0, 0.05) is 18.5 Å². The molecule has 2 rings (SSSR count). The third-order valence-corrected chi connectivity index (χ3v) is 3.51. The van der Waals surface area contributed by atoms with Gasteiger partial charge in [0.05, 0.1) is 0 Å². The third kappa shape index (κ3) is 4.91. The first-order valence-corrected chi connectivity index (χ1v) is 7.68. The van der Waals surface area contributed by atoms with Gasteiger partial charge < -0.3 is 10.1 Å². The molecule has 1 aromatic carbocycles. The number of carbonyl (C=O) groups is 3. The fourth-order valence-electron chi connectivity index (χ4n) is 2.09. The molecule has 1 aromatic rings. The Bertz CT molecular complexity index is 672. The van der Waals surface area contributed by atoms with Crippen LogP contribution >= 0.6 is 0 Å². The fourth-order valence-corrected chi connectivity index (χ4v) is 2.09. The Morgan fingerprint density at radius 2 is 1.88 bits per heavy atom. The lowest BCUT2D eigenvalue weighted by Crippen LogP contribution is -2.32. The summed E-state index contributed by atoms with van der Waals surface area (Å²) in [5.41, 5.74) is 4.14. The van der Waals surface area contributed by atoms with Crippen molar-refractivity contribution >= 4 is 29.2 Å². The molecule has 0 aromatic heterocycles. The van der Waals surface area contributed by atoms with Crippen LogP contribution in [0.2, 0.25) is 0 Å². The van der Waals surface area contributed by atoms with E-state index in [1.165, 1.54) is 0 Å². The Labute approximate surface area is 140 Å². The van der Waals surface area contributed by atoms with Gasteiger partial charge in [0.2, 0.25) is 5.91 Å². The lowest BCUT2D eigenvalue weighted by atomic mass is 9.87. The number of rotatable bonds is 4. The highest BCUT2D eigenvalue weighted by Crippen LogP contribution is 2.23. The van der Waals surface area contributed by atoms with Crippen LogP contribution in [-0.2, 0) is 24.5 Å². The first-order chi connectivity index (χ1) is 11.3. The molecule has 7 nitrogen and oxygen atoms in total. The molecular weight excluding hydrogens is 310 g/mol. The van der Waals surface area contributed by atoms with Gasteiger partial charge in [-0.15, -0.1) is 0 Å². The number of nitrogens with zero attached hydrogens (tertiary/aromatic N) is 1. The summed E-state index contributed by atoms with van der Waals surface area (Å²) in [6.45, 7) is 5.91. The molecule has 1 aliphatic heterocycles. The summed E-state index contributed by atoms with van der Waals surface area (Å²) in [5.74, 6) is -1.39. The van der Waals surface area contributed by atoms with Crippen molar-refractivity contribution in [2.75, 3.05) is 11.9 Å². The Morgan fingerprint density at radius 1 is 1.21 bits per heavy atom. The monoisotopic (exact) mass is 331 g/mol. The first-order valence-electron chi connectivity index (χ1n) is 7.68. The second-order valence-electron chi connectivity index (χ2n) is 6.55. The van der Waals surface area contributed by atoms with Gasteiger partial charge in [0.25, 0.3) is 5.91 Å². The van der Waals surface area contributed by atoms with Gasteiger partial charge >= 0.3 is 5.97 Å². The second kappa shape index (κ2) is 7.25. The average molecular weight is 331 g/mol. The lowest BCUT2D eigenvalue weighted by molar-refractivity contribution is -0.140. The van der Waals surface area contributed by atoms with Crippen LogP contribution in [0.5, 0.6) is 0 Å². The van der Waals surface area contributed by atoms with Crippen LogP contribution in [0.15, 0.2) is 29.4 Å². The Morgan fingerprint density at radius 3 is 2.42 bits per heavy atom. The smallest absolute Gasteiger partial charge is 0.355 e. The first kappa shape index (κ1) is 17.7. The van der Waals surface area contributed by atoms with Crippen molar-refractivity contribution in [1.29, 1.82) is 0 Å².